The molecule has 0 saturated heterocycles. The summed E-state index contributed by atoms with van der Waals surface area (Å²) in [6.07, 6.45) is 0. The van der Waals surface area contributed by atoms with Crippen molar-refractivity contribution in [1.82, 2.24) is 14.5 Å². The summed E-state index contributed by atoms with van der Waals surface area (Å²) in [5.74, 6) is 0.155. The SMILES string of the molecule is COc1ccc2nc(N)n(-c3c(Cl)cc(F)cc3Br)c2n1. The van der Waals surface area contributed by atoms with Crippen LogP contribution in [0.4, 0.5) is 10.3 Å². The van der Waals surface area contributed by atoms with Gasteiger partial charge in [0.25, 0.3) is 0 Å². The van der Waals surface area contributed by atoms with Gasteiger partial charge in [0.05, 0.1) is 17.8 Å². The number of nitrogen functional groups attached to an aromatic ring is 1. The minimum absolute atomic E-state index is 0.192. The van der Waals surface area contributed by atoms with Crippen molar-refractivity contribution >= 4 is 44.6 Å². The molecule has 0 aliphatic rings. The van der Waals surface area contributed by atoms with Gasteiger partial charge in [-0.2, -0.15) is 4.98 Å². The van der Waals surface area contributed by atoms with Crippen molar-refractivity contribution in [1.29, 1.82) is 0 Å². The van der Waals surface area contributed by atoms with Gasteiger partial charge in [-0.3, -0.25) is 4.57 Å². The number of ether oxygens (including phenoxy) is 1. The molecule has 0 atom stereocenters. The third-order valence-electron chi connectivity index (χ3n) is 2.92. The highest BCUT2D eigenvalue weighted by molar-refractivity contribution is 9.10. The van der Waals surface area contributed by atoms with Gasteiger partial charge in [0.2, 0.25) is 11.8 Å². The van der Waals surface area contributed by atoms with E-state index in [1.807, 2.05) is 0 Å². The Bertz CT molecular complexity index is 829. The van der Waals surface area contributed by atoms with Crippen molar-refractivity contribution in [3.8, 4) is 11.6 Å². The van der Waals surface area contributed by atoms with Crippen LogP contribution in [0.3, 0.4) is 0 Å². The minimum Gasteiger partial charge on any atom is -0.481 e. The molecule has 0 fully saturated rings. The Balaban J connectivity index is 2.37. The van der Waals surface area contributed by atoms with Crippen LogP contribution in [0.25, 0.3) is 16.9 Å². The average Bonchev–Trinajstić information content (AvgIpc) is 2.73. The molecule has 3 rings (SSSR count). The van der Waals surface area contributed by atoms with E-state index in [0.717, 1.165) is 0 Å². The van der Waals surface area contributed by atoms with Crippen LogP contribution in [0.2, 0.25) is 5.02 Å². The maximum Gasteiger partial charge on any atom is 0.215 e. The van der Waals surface area contributed by atoms with E-state index in [-0.39, 0.29) is 11.0 Å². The van der Waals surface area contributed by atoms with Gasteiger partial charge in [0, 0.05) is 10.5 Å². The second kappa shape index (κ2) is 5.16. The number of nitrogens with zero attached hydrogens (tertiary/aromatic N) is 3. The molecule has 0 aliphatic carbocycles. The number of hydrogen-bond donors (Lipinski definition) is 1. The fraction of sp³-hybridized carbons (Fsp3) is 0.0769. The molecular formula is C13H9BrClFN4O. The molecule has 0 aliphatic heterocycles. The van der Waals surface area contributed by atoms with Crippen molar-refractivity contribution in [3.63, 3.8) is 0 Å². The van der Waals surface area contributed by atoms with E-state index in [4.69, 9.17) is 22.1 Å². The number of aromatic nitrogens is 3. The highest BCUT2D eigenvalue weighted by Crippen LogP contribution is 2.34. The number of methoxy groups -OCH3 is 1. The number of nitrogens with two attached hydrogens (primary N) is 1. The summed E-state index contributed by atoms with van der Waals surface area (Å²) < 4.78 is 20.5. The zero-order valence-corrected chi connectivity index (χ0v) is 13.1. The topological polar surface area (TPSA) is 66.0 Å². The molecule has 0 amide bonds. The van der Waals surface area contributed by atoms with Gasteiger partial charge in [-0.15, -0.1) is 0 Å². The summed E-state index contributed by atoms with van der Waals surface area (Å²) in [7, 11) is 1.51. The summed E-state index contributed by atoms with van der Waals surface area (Å²) in [5, 5.41) is 0.192. The molecule has 8 heteroatoms. The number of benzene rings is 1. The van der Waals surface area contributed by atoms with E-state index in [9.17, 15) is 4.39 Å². The Labute approximate surface area is 132 Å². The highest BCUT2D eigenvalue weighted by Gasteiger charge is 2.18. The summed E-state index contributed by atoms with van der Waals surface area (Å²) in [4.78, 5) is 8.54. The maximum absolute atomic E-state index is 13.4. The van der Waals surface area contributed by atoms with E-state index in [2.05, 4.69) is 25.9 Å². The third-order valence-corrected chi connectivity index (χ3v) is 3.81. The number of rotatable bonds is 2. The highest BCUT2D eigenvalue weighted by atomic mass is 79.9. The van der Waals surface area contributed by atoms with Crippen LogP contribution in [0.5, 0.6) is 5.88 Å². The number of fused-ring (bicyclic) bond motifs is 1. The zero-order valence-electron chi connectivity index (χ0n) is 10.8. The number of pyridine rings is 1. The van der Waals surface area contributed by atoms with Crippen LogP contribution in [0, 0.1) is 5.82 Å². The first kappa shape index (κ1) is 14.1. The predicted octanol–water partition coefficient (Wildman–Crippen LogP) is 3.57. The number of anilines is 1. The van der Waals surface area contributed by atoms with Crippen molar-refractivity contribution in [2.75, 3.05) is 12.8 Å². The molecule has 2 heterocycles. The fourth-order valence-electron chi connectivity index (χ4n) is 2.04. The standard InChI is InChI=1S/C13H9BrClFN4O/c1-21-10-3-2-9-12(19-10)20(13(17)18-9)11-7(14)4-6(16)5-8(11)15/h2-5H,1H3,(H2,17,18). The lowest BCUT2D eigenvalue weighted by Gasteiger charge is -2.11. The van der Waals surface area contributed by atoms with E-state index in [0.29, 0.717) is 27.2 Å². The minimum atomic E-state index is -0.454. The lowest BCUT2D eigenvalue weighted by molar-refractivity contribution is 0.399. The average molecular weight is 372 g/mol. The first-order valence-corrected chi connectivity index (χ1v) is 7.02. The first-order valence-electron chi connectivity index (χ1n) is 5.85. The molecule has 108 valence electrons. The Kier molecular flexibility index (Phi) is 3.46. The van der Waals surface area contributed by atoms with E-state index in [1.54, 1.807) is 16.7 Å². The second-order valence-corrected chi connectivity index (χ2v) is 5.48. The summed E-state index contributed by atoms with van der Waals surface area (Å²) in [5.41, 5.74) is 7.48. The smallest absolute Gasteiger partial charge is 0.215 e. The van der Waals surface area contributed by atoms with Crippen LogP contribution in [0.1, 0.15) is 0 Å². The fourth-order valence-corrected chi connectivity index (χ4v) is 3.05. The van der Waals surface area contributed by atoms with E-state index < -0.39 is 5.82 Å². The lowest BCUT2D eigenvalue weighted by atomic mass is 10.3. The molecule has 0 saturated carbocycles. The largest absolute Gasteiger partial charge is 0.481 e. The normalized spacial score (nSPS) is 11.0. The van der Waals surface area contributed by atoms with Gasteiger partial charge in [-0.05, 0) is 34.1 Å². The van der Waals surface area contributed by atoms with Crippen molar-refractivity contribution < 1.29 is 9.13 Å². The van der Waals surface area contributed by atoms with E-state index in [1.165, 1.54) is 19.2 Å². The van der Waals surface area contributed by atoms with Crippen LogP contribution < -0.4 is 10.5 Å². The zero-order chi connectivity index (χ0) is 15.1. The first-order chi connectivity index (χ1) is 10.0. The van der Waals surface area contributed by atoms with Gasteiger partial charge >= 0.3 is 0 Å². The monoisotopic (exact) mass is 370 g/mol. The van der Waals surface area contributed by atoms with Gasteiger partial charge in [0.1, 0.15) is 11.3 Å². The number of imidazole rings is 1. The molecule has 0 spiro atoms. The molecule has 2 N–H and O–H groups in total. The summed E-state index contributed by atoms with van der Waals surface area (Å²) in [6.45, 7) is 0. The van der Waals surface area contributed by atoms with Crippen molar-refractivity contribution in [3.05, 3.63) is 39.6 Å². The van der Waals surface area contributed by atoms with Crippen LogP contribution in [-0.2, 0) is 0 Å². The molecular weight excluding hydrogens is 363 g/mol. The molecule has 21 heavy (non-hydrogen) atoms. The molecule has 2 aromatic heterocycles. The number of halogens is 3. The lowest BCUT2D eigenvalue weighted by Crippen LogP contribution is -2.04. The van der Waals surface area contributed by atoms with E-state index >= 15 is 0 Å². The molecule has 1 aromatic carbocycles. The third kappa shape index (κ3) is 2.32. The second-order valence-electron chi connectivity index (χ2n) is 4.22. The molecule has 3 aromatic rings. The molecule has 0 radical (unpaired) electrons. The van der Waals surface area contributed by atoms with Crippen molar-refractivity contribution in [2.24, 2.45) is 0 Å². The molecule has 5 nitrogen and oxygen atoms in total. The molecule has 0 bridgehead atoms. The van der Waals surface area contributed by atoms with Crippen LogP contribution >= 0.6 is 27.5 Å². The summed E-state index contributed by atoms with van der Waals surface area (Å²) >= 11 is 9.43. The van der Waals surface area contributed by atoms with Gasteiger partial charge in [0.15, 0.2) is 5.65 Å². The van der Waals surface area contributed by atoms with Crippen LogP contribution in [0.15, 0.2) is 28.7 Å². The Morgan fingerprint density at radius 2 is 2.10 bits per heavy atom. The molecule has 0 unspecified atom stereocenters. The Morgan fingerprint density at radius 3 is 2.76 bits per heavy atom. The maximum atomic E-state index is 13.4. The Hall–Kier alpha value is -1.86. The van der Waals surface area contributed by atoms with Crippen LogP contribution in [-0.4, -0.2) is 21.6 Å². The van der Waals surface area contributed by atoms with Gasteiger partial charge < -0.3 is 10.5 Å². The quantitative estimate of drug-likeness (QED) is 0.748. The van der Waals surface area contributed by atoms with Gasteiger partial charge in [-0.25, -0.2) is 9.37 Å². The number of hydrogen-bond acceptors (Lipinski definition) is 4. The van der Waals surface area contributed by atoms with Crippen molar-refractivity contribution in [2.45, 2.75) is 0 Å². The predicted molar refractivity (Wildman–Crippen MR) is 82.5 cm³/mol. The Morgan fingerprint density at radius 1 is 1.33 bits per heavy atom. The summed E-state index contributed by atoms with van der Waals surface area (Å²) in [6, 6.07) is 5.92. The van der Waals surface area contributed by atoms with Gasteiger partial charge in [-0.1, -0.05) is 11.6 Å².